The molecule has 1 amide bonds. The summed E-state index contributed by atoms with van der Waals surface area (Å²) in [5.74, 6) is 0.411. The minimum atomic E-state index is -3.04. The molecule has 2 aromatic rings. The van der Waals surface area contributed by atoms with Crippen LogP contribution in [0, 0.1) is 5.92 Å². The van der Waals surface area contributed by atoms with Crippen LogP contribution < -0.4 is 25.3 Å². The van der Waals surface area contributed by atoms with Gasteiger partial charge in [0.25, 0.3) is 0 Å². The van der Waals surface area contributed by atoms with Gasteiger partial charge >= 0.3 is 6.61 Å². The van der Waals surface area contributed by atoms with E-state index in [4.69, 9.17) is 19.9 Å². The van der Waals surface area contributed by atoms with Gasteiger partial charge in [-0.05, 0) is 43.0 Å². The molecule has 1 aliphatic heterocycles. The fourth-order valence-corrected chi connectivity index (χ4v) is 3.40. The lowest BCUT2D eigenvalue weighted by atomic mass is 9.97. The number of carbonyl (C=O) groups excluding carboxylic acids is 1. The number of ether oxygens (including phenoxy) is 3. The van der Waals surface area contributed by atoms with E-state index in [1.54, 1.807) is 24.4 Å². The molecule has 9 heteroatoms. The number of anilines is 1. The first-order chi connectivity index (χ1) is 14.2. The second-order valence-corrected chi connectivity index (χ2v) is 7.47. The van der Waals surface area contributed by atoms with Crippen molar-refractivity contribution in [2.75, 3.05) is 11.9 Å². The van der Waals surface area contributed by atoms with Crippen LogP contribution in [0.5, 0.6) is 17.2 Å². The van der Waals surface area contributed by atoms with Gasteiger partial charge in [0.15, 0.2) is 11.5 Å². The minimum Gasteiger partial charge on any atom is -0.489 e. The molecule has 2 unspecified atom stereocenters. The number of halogens is 2. The second kappa shape index (κ2) is 9.25. The van der Waals surface area contributed by atoms with E-state index in [1.807, 2.05) is 13.8 Å². The number of nitrogens with two attached hydrogens (primary N) is 1. The molecule has 0 spiro atoms. The Hall–Kier alpha value is -2.94. The molecule has 2 atom stereocenters. The summed E-state index contributed by atoms with van der Waals surface area (Å²) in [6, 6.07) is 4.98. The first-order valence-electron chi connectivity index (χ1n) is 9.64. The van der Waals surface area contributed by atoms with E-state index in [1.165, 1.54) is 6.92 Å². The summed E-state index contributed by atoms with van der Waals surface area (Å²) in [6.07, 6.45) is 2.32. The molecule has 0 saturated heterocycles. The maximum absolute atomic E-state index is 13.1. The Balaban J connectivity index is 1.96. The smallest absolute Gasteiger partial charge is 0.387 e. The molecule has 162 valence electrons. The molecule has 30 heavy (non-hydrogen) atoms. The van der Waals surface area contributed by atoms with E-state index in [2.05, 4.69) is 10.3 Å². The van der Waals surface area contributed by atoms with E-state index < -0.39 is 6.61 Å². The summed E-state index contributed by atoms with van der Waals surface area (Å²) in [4.78, 5) is 15.5. The van der Waals surface area contributed by atoms with Gasteiger partial charge < -0.3 is 25.3 Å². The lowest BCUT2D eigenvalue weighted by Gasteiger charge is -2.25. The van der Waals surface area contributed by atoms with Crippen molar-refractivity contribution in [3.05, 3.63) is 30.0 Å². The summed E-state index contributed by atoms with van der Waals surface area (Å²) in [6.45, 7) is 2.63. The number of rotatable bonds is 8. The molecule has 0 radical (unpaired) electrons. The van der Waals surface area contributed by atoms with E-state index in [9.17, 15) is 13.6 Å². The van der Waals surface area contributed by atoms with Crippen LogP contribution in [0.4, 0.5) is 14.6 Å². The summed E-state index contributed by atoms with van der Waals surface area (Å²) in [5.41, 5.74) is 7.84. The van der Waals surface area contributed by atoms with Crippen molar-refractivity contribution < 1.29 is 27.8 Å². The van der Waals surface area contributed by atoms with Gasteiger partial charge in [-0.15, -0.1) is 0 Å². The Morgan fingerprint density at radius 2 is 2.10 bits per heavy atom. The van der Waals surface area contributed by atoms with Crippen LogP contribution in [-0.2, 0) is 11.4 Å². The fourth-order valence-electron chi connectivity index (χ4n) is 3.40. The third kappa shape index (κ3) is 5.15. The largest absolute Gasteiger partial charge is 0.489 e. The highest BCUT2D eigenvalue weighted by Gasteiger charge is 2.27. The predicted octanol–water partition coefficient (Wildman–Crippen LogP) is 3.95. The number of pyridine rings is 1. The summed E-state index contributed by atoms with van der Waals surface area (Å²) in [7, 11) is 0. The van der Waals surface area contributed by atoms with E-state index in [-0.39, 0.29) is 41.7 Å². The number of carbonyl (C=O) groups is 1. The maximum Gasteiger partial charge on any atom is 0.387 e. The van der Waals surface area contributed by atoms with Crippen molar-refractivity contribution in [2.45, 2.75) is 46.5 Å². The van der Waals surface area contributed by atoms with Crippen molar-refractivity contribution in [1.82, 2.24) is 4.98 Å². The van der Waals surface area contributed by atoms with Crippen LogP contribution in [0.3, 0.4) is 0 Å². The Labute approximate surface area is 173 Å². The van der Waals surface area contributed by atoms with Gasteiger partial charge in [-0.1, -0.05) is 6.92 Å². The van der Waals surface area contributed by atoms with Crippen molar-refractivity contribution in [3.63, 3.8) is 0 Å². The molecule has 3 N–H and O–H groups in total. The Bertz CT molecular complexity index is 921. The molecule has 0 fully saturated rings. The lowest BCUT2D eigenvalue weighted by molar-refractivity contribution is -0.114. The number of alkyl halides is 2. The Morgan fingerprint density at radius 3 is 2.77 bits per heavy atom. The standard InChI is InChI=1S/C21H25F2N3O4/c1-11(6-12(2)24)9-28-17-5-4-15-16-7-18(26-13(3)27)25-8-14(16)10-29-19(15)20(17)30-21(22)23/h4-5,7-8,11-12,21H,6,9-10,24H2,1-3H3,(H,25,26,27). The Kier molecular flexibility index (Phi) is 6.71. The van der Waals surface area contributed by atoms with E-state index >= 15 is 0 Å². The highest BCUT2D eigenvalue weighted by atomic mass is 19.3. The summed E-state index contributed by atoms with van der Waals surface area (Å²) >= 11 is 0. The summed E-state index contributed by atoms with van der Waals surface area (Å²) in [5, 5.41) is 2.62. The number of hydrogen-bond donors (Lipinski definition) is 2. The third-order valence-corrected chi connectivity index (χ3v) is 4.53. The van der Waals surface area contributed by atoms with Gasteiger partial charge in [0.05, 0.1) is 6.61 Å². The van der Waals surface area contributed by atoms with Crippen molar-refractivity contribution in [2.24, 2.45) is 11.7 Å². The number of aromatic nitrogens is 1. The molecule has 0 aliphatic carbocycles. The predicted molar refractivity (Wildman–Crippen MR) is 108 cm³/mol. The monoisotopic (exact) mass is 421 g/mol. The van der Waals surface area contributed by atoms with Gasteiger partial charge in [-0.25, -0.2) is 4.98 Å². The third-order valence-electron chi connectivity index (χ3n) is 4.53. The quantitative estimate of drug-likeness (QED) is 0.670. The average Bonchev–Trinajstić information content (AvgIpc) is 2.65. The zero-order valence-electron chi connectivity index (χ0n) is 17.1. The summed E-state index contributed by atoms with van der Waals surface area (Å²) < 4.78 is 42.5. The highest BCUT2D eigenvalue weighted by molar-refractivity contribution is 5.89. The van der Waals surface area contributed by atoms with Crippen molar-refractivity contribution in [3.8, 4) is 28.4 Å². The fraction of sp³-hybridized carbons (Fsp3) is 0.429. The van der Waals surface area contributed by atoms with Gasteiger partial charge in [-0.3, -0.25) is 4.79 Å². The van der Waals surface area contributed by atoms with Crippen LogP contribution in [0.1, 0.15) is 32.8 Å². The van der Waals surface area contributed by atoms with Gasteiger partial charge in [-0.2, -0.15) is 8.78 Å². The number of benzene rings is 1. The molecule has 7 nitrogen and oxygen atoms in total. The zero-order chi connectivity index (χ0) is 21.8. The Morgan fingerprint density at radius 1 is 1.33 bits per heavy atom. The molecule has 3 rings (SSSR count). The highest BCUT2D eigenvalue weighted by Crippen LogP contribution is 2.49. The van der Waals surface area contributed by atoms with Crippen molar-refractivity contribution in [1.29, 1.82) is 0 Å². The molecular formula is C21H25F2N3O4. The maximum atomic E-state index is 13.1. The first kappa shape index (κ1) is 21.8. The number of fused-ring (bicyclic) bond motifs is 3. The average molecular weight is 421 g/mol. The lowest BCUT2D eigenvalue weighted by Crippen LogP contribution is -2.22. The van der Waals surface area contributed by atoms with Gasteiger partial charge in [0.1, 0.15) is 12.4 Å². The SMILES string of the molecule is CC(=O)Nc1cc2c(cn1)COc1c-2ccc(OCC(C)CC(C)N)c1OC(F)F. The van der Waals surface area contributed by atoms with Crippen LogP contribution >= 0.6 is 0 Å². The molecule has 0 saturated carbocycles. The number of nitrogens with one attached hydrogen (secondary N) is 1. The van der Waals surface area contributed by atoms with Crippen LogP contribution in [-0.4, -0.2) is 30.2 Å². The topological polar surface area (TPSA) is 95.7 Å². The van der Waals surface area contributed by atoms with E-state index in [0.717, 1.165) is 12.0 Å². The zero-order valence-corrected chi connectivity index (χ0v) is 17.1. The number of hydrogen-bond acceptors (Lipinski definition) is 6. The molecule has 1 aromatic carbocycles. The molecule has 1 aliphatic rings. The van der Waals surface area contributed by atoms with Crippen molar-refractivity contribution >= 4 is 11.7 Å². The van der Waals surface area contributed by atoms with Crippen LogP contribution in [0.25, 0.3) is 11.1 Å². The minimum absolute atomic E-state index is 0.00942. The molecular weight excluding hydrogens is 396 g/mol. The van der Waals surface area contributed by atoms with Crippen LogP contribution in [0.2, 0.25) is 0 Å². The second-order valence-electron chi connectivity index (χ2n) is 7.47. The van der Waals surface area contributed by atoms with Gasteiger partial charge in [0, 0.05) is 30.3 Å². The number of nitrogens with zero attached hydrogens (tertiary/aromatic N) is 1. The van der Waals surface area contributed by atoms with Gasteiger partial charge in [0.2, 0.25) is 11.7 Å². The molecule has 0 bridgehead atoms. The number of amides is 1. The van der Waals surface area contributed by atoms with E-state index in [0.29, 0.717) is 23.6 Å². The normalized spacial score (nSPS) is 14.2. The first-order valence-corrected chi connectivity index (χ1v) is 9.64. The molecule has 2 heterocycles. The van der Waals surface area contributed by atoms with Crippen LogP contribution in [0.15, 0.2) is 24.4 Å². The molecule has 1 aromatic heterocycles.